The van der Waals surface area contributed by atoms with Crippen LogP contribution >= 0.6 is 0 Å². The molecule has 0 aliphatic heterocycles. The van der Waals surface area contributed by atoms with E-state index in [4.69, 9.17) is 0 Å². The summed E-state index contributed by atoms with van der Waals surface area (Å²) >= 11 is 0. The monoisotopic (exact) mass is 272 g/mol. The van der Waals surface area contributed by atoms with E-state index in [1.165, 1.54) is 18.4 Å². The van der Waals surface area contributed by atoms with Crippen LogP contribution in [0.4, 0.5) is 0 Å². The van der Waals surface area contributed by atoms with E-state index in [0.717, 1.165) is 38.0 Å². The lowest BCUT2D eigenvalue weighted by molar-refractivity contribution is -0.115. The number of aliphatic hydroxyl groups excluding tert-OH is 1. The zero-order valence-electron chi connectivity index (χ0n) is 12.3. The van der Waals surface area contributed by atoms with Crippen LogP contribution in [0.2, 0.25) is 0 Å². The number of hydrogen-bond donors (Lipinski definition) is 1. The number of rotatable bonds is 0. The predicted molar refractivity (Wildman–Crippen MR) is 78.1 cm³/mol. The van der Waals surface area contributed by atoms with Gasteiger partial charge in [0.1, 0.15) is 0 Å². The molecule has 0 radical (unpaired) electrons. The van der Waals surface area contributed by atoms with Crippen LogP contribution in [0.5, 0.6) is 0 Å². The molecule has 5 atom stereocenters. The van der Waals surface area contributed by atoms with Crippen LogP contribution in [0.15, 0.2) is 23.3 Å². The van der Waals surface area contributed by atoms with Crippen LogP contribution in [-0.2, 0) is 4.79 Å². The topological polar surface area (TPSA) is 37.3 Å². The lowest BCUT2D eigenvalue weighted by Crippen LogP contribution is -2.44. The molecule has 0 aromatic heterocycles. The summed E-state index contributed by atoms with van der Waals surface area (Å²) in [5.74, 6) is 2.38. The molecule has 108 valence electrons. The van der Waals surface area contributed by atoms with Gasteiger partial charge in [0.15, 0.2) is 5.78 Å². The standard InChI is InChI=1S/C18H24O2/c1-18-9-8-14-13-5-3-12(19)10-11(13)2-4-15(14)16(18)6-7-17(18)20/h6,10,13-15,17,20H,2-5,7-9H2,1H3/t13-,14+,15+,17-,18-/m0/s1. The Morgan fingerprint density at radius 3 is 2.85 bits per heavy atom. The van der Waals surface area contributed by atoms with Crippen molar-refractivity contribution in [2.24, 2.45) is 23.2 Å². The van der Waals surface area contributed by atoms with Crippen LogP contribution in [0, 0.1) is 23.2 Å². The first-order valence-electron chi connectivity index (χ1n) is 8.21. The summed E-state index contributed by atoms with van der Waals surface area (Å²) in [7, 11) is 0. The van der Waals surface area contributed by atoms with Gasteiger partial charge in [-0.3, -0.25) is 4.79 Å². The summed E-state index contributed by atoms with van der Waals surface area (Å²) < 4.78 is 0. The molecule has 4 aliphatic rings. The van der Waals surface area contributed by atoms with Gasteiger partial charge in [0.05, 0.1) is 6.10 Å². The van der Waals surface area contributed by atoms with Crippen LogP contribution in [0.25, 0.3) is 0 Å². The number of carbonyl (C=O) groups excluding carboxylic acids is 1. The van der Waals surface area contributed by atoms with Crippen LogP contribution < -0.4 is 0 Å². The van der Waals surface area contributed by atoms with Crippen molar-refractivity contribution >= 4 is 5.78 Å². The van der Waals surface area contributed by atoms with Crippen molar-refractivity contribution in [3.8, 4) is 0 Å². The zero-order chi connectivity index (χ0) is 13.9. The largest absolute Gasteiger partial charge is 0.392 e. The van der Waals surface area contributed by atoms with Crippen molar-refractivity contribution in [2.75, 3.05) is 0 Å². The van der Waals surface area contributed by atoms with Gasteiger partial charge in [-0.25, -0.2) is 0 Å². The van der Waals surface area contributed by atoms with Crippen molar-refractivity contribution in [2.45, 2.75) is 58.0 Å². The first-order chi connectivity index (χ1) is 9.59. The Bertz CT molecular complexity index is 516. The first kappa shape index (κ1) is 12.8. The normalized spacial score (nSPS) is 47.0. The van der Waals surface area contributed by atoms with E-state index in [1.807, 2.05) is 6.08 Å². The molecule has 20 heavy (non-hydrogen) atoms. The number of ketones is 1. The number of allylic oxidation sites excluding steroid dienone is 2. The van der Waals surface area contributed by atoms with Gasteiger partial charge in [0.25, 0.3) is 0 Å². The summed E-state index contributed by atoms with van der Waals surface area (Å²) in [4.78, 5) is 11.6. The number of hydrogen-bond acceptors (Lipinski definition) is 2. The molecule has 0 saturated heterocycles. The Morgan fingerprint density at radius 2 is 2.00 bits per heavy atom. The highest BCUT2D eigenvalue weighted by Gasteiger charge is 2.51. The summed E-state index contributed by atoms with van der Waals surface area (Å²) in [5.41, 5.74) is 3.04. The average Bonchev–Trinajstić information content (AvgIpc) is 2.74. The molecule has 0 unspecified atom stereocenters. The number of carbonyl (C=O) groups is 1. The van der Waals surface area contributed by atoms with E-state index >= 15 is 0 Å². The number of aliphatic hydroxyl groups is 1. The maximum atomic E-state index is 11.6. The quantitative estimate of drug-likeness (QED) is 0.686. The molecule has 2 saturated carbocycles. The van der Waals surface area contributed by atoms with E-state index in [-0.39, 0.29) is 11.5 Å². The Kier molecular flexibility index (Phi) is 2.76. The summed E-state index contributed by atoms with van der Waals surface area (Å²) in [5, 5.41) is 10.3. The van der Waals surface area contributed by atoms with E-state index in [1.54, 1.807) is 5.57 Å². The van der Waals surface area contributed by atoms with Crippen molar-refractivity contribution in [3.05, 3.63) is 23.3 Å². The Hall–Kier alpha value is -0.890. The highest BCUT2D eigenvalue weighted by molar-refractivity contribution is 5.91. The molecule has 0 spiro atoms. The van der Waals surface area contributed by atoms with E-state index in [2.05, 4.69) is 13.0 Å². The van der Waals surface area contributed by atoms with E-state index in [9.17, 15) is 9.90 Å². The molecule has 0 aromatic rings. The maximum absolute atomic E-state index is 11.6. The third-order valence-electron chi connectivity index (χ3n) is 6.65. The second kappa shape index (κ2) is 4.30. The van der Waals surface area contributed by atoms with Crippen molar-refractivity contribution in [1.82, 2.24) is 0 Å². The van der Waals surface area contributed by atoms with Crippen LogP contribution in [0.3, 0.4) is 0 Å². The summed E-state index contributed by atoms with van der Waals surface area (Å²) in [6.07, 6.45) is 11.4. The fourth-order valence-electron chi connectivity index (χ4n) is 5.50. The minimum atomic E-state index is -0.164. The van der Waals surface area contributed by atoms with E-state index < -0.39 is 0 Å². The minimum Gasteiger partial charge on any atom is -0.392 e. The van der Waals surface area contributed by atoms with Gasteiger partial charge < -0.3 is 5.11 Å². The minimum absolute atomic E-state index is 0.0485. The Labute approximate surface area is 120 Å². The summed E-state index contributed by atoms with van der Waals surface area (Å²) in [6, 6.07) is 0. The SMILES string of the molecule is C[C@]12CC[C@@H]3[C@H]4CCC(=O)C=C4CC[C@H]3C1=CC[C@@H]2O. The van der Waals surface area contributed by atoms with Gasteiger partial charge in [0, 0.05) is 11.8 Å². The average molecular weight is 272 g/mol. The third-order valence-corrected chi connectivity index (χ3v) is 6.65. The van der Waals surface area contributed by atoms with Gasteiger partial charge in [0.2, 0.25) is 0 Å². The second-order valence-corrected chi connectivity index (χ2v) is 7.51. The Morgan fingerprint density at radius 1 is 1.20 bits per heavy atom. The maximum Gasteiger partial charge on any atom is 0.155 e. The van der Waals surface area contributed by atoms with Gasteiger partial charge in [-0.15, -0.1) is 0 Å². The molecule has 0 aromatic carbocycles. The van der Waals surface area contributed by atoms with Gasteiger partial charge in [-0.2, -0.15) is 0 Å². The molecule has 2 heteroatoms. The predicted octanol–water partition coefficient (Wildman–Crippen LogP) is 3.41. The highest BCUT2D eigenvalue weighted by Crippen LogP contribution is 2.59. The molecular formula is C18H24O2. The molecular weight excluding hydrogens is 248 g/mol. The fourth-order valence-corrected chi connectivity index (χ4v) is 5.50. The molecule has 2 nitrogen and oxygen atoms in total. The van der Waals surface area contributed by atoms with Gasteiger partial charge >= 0.3 is 0 Å². The second-order valence-electron chi connectivity index (χ2n) is 7.51. The first-order valence-corrected chi connectivity index (χ1v) is 8.21. The van der Waals surface area contributed by atoms with Crippen molar-refractivity contribution in [1.29, 1.82) is 0 Å². The fraction of sp³-hybridized carbons (Fsp3) is 0.722. The Balaban J connectivity index is 1.66. The molecule has 1 N–H and O–H groups in total. The van der Waals surface area contributed by atoms with Gasteiger partial charge in [-0.1, -0.05) is 24.1 Å². The molecule has 0 heterocycles. The number of fused-ring (bicyclic) bond motifs is 5. The zero-order valence-corrected chi connectivity index (χ0v) is 12.3. The molecule has 0 amide bonds. The molecule has 0 bridgehead atoms. The van der Waals surface area contributed by atoms with Crippen LogP contribution in [-0.4, -0.2) is 17.0 Å². The van der Waals surface area contributed by atoms with Crippen molar-refractivity contribution < 1.29 is 9.90 Å². The molecule has 4 aliphatic carbocycles. The molecule has 2 fully saturated rings. The third kappa shape index (κ3) is 1.64. The van der Waals surface area contributed by atoms with Gasteiger partial charge in [-0.05, 0) is 62.4 Å². The van der Waals surface area contributed by atoms with Crippen molar-refractivity contribution in [3.63, 3.8) is 0 Å². The highest BCUT2D eigenvalue weighted by atomic mass is 16.3. The van der Waals surface area contributed by atoms with Crippen LogP contribution in [0.1, 0.15) is 51.9 Å². The smallest absolute Gasteiger partial charge is 0.155 e. The molecule has 4 rings (SSSR count). The summed E-state index contributed by atoms with van der Waals surface area (Å²) in [6.45, 7) is 2.27. The van der Waals surface area contributed by atoms with E-state index in [0.29, 0.717) is 17.6 Å². The lowest BCUT2D eigenvalue weighted by Gasteiger charge is -2.51. The lowest BCUT2D eigenvalue weighted by atomic mass is 9.54.